The summed E-state index contributed by atoms with van der Waals surface area (Å²) in [6.07, 6.45) is 0.763. The molecule has 0 unspecified atom stereocenters. The molecule has 0 bridgehead atoms. The first-order valence-electron chi connectivity index (χ1n) is 7.47. The smallest absolute Gasteiger partial charge is 0.185 e. The Kier molecular flexibility index (Phi) is 3.82. The summed E-state index contributed by atoms with van der Waals surface area (Å²) in [6.45, 7) is 5.36. The molecule has 0 aliphatic rings. The Morgan fingerprint density at radius 3 is 2.48 bits per heavy atom. The van der Waals surface area contributed by atoms with Crippen LogP contribution in [0.25, 0.3) is 16.8 Å². The monoisotopic (exact) mass is 310 g/mol. The molecule has 3 aromatic rings. The maximum atomic E-state index is 11.7. The van der Waals surface area contributed by atoms with Gasteiger partial charge in [-0.2, -0.15) is 5.10 Å². The predicted octanol–water partition coefficient (Wildman–Crippen LogP) is 2.87. The largest absolute Gasteiger partial charge is 0.497 e. The van der Waals surface area contributed by atoms with Crippen LogP contribution >= 0.6 is 0 Å². The molecular weight excluding hydrogens is 292 g/mol. The zero-order chi connectivity index (χ0) is 16.6. The van der Waals surface area contributed by atoms with Crippen LogP contribution in [0.4, 0.5) is 0 Å². The number of aryl methyl sites for hydroxylation is 2. The number of ether oxygens (including phenoxy) is 1. The lowest BCUT2D eigenvalue weighted by molar-refractivity contribution is 0.101. The van der Waals surface area contributed by atoms with E-state index in [1.165, 1.54) is 6.92 Å². The number of carbonyl (C=O) groups excluding carboxylic acids is 1. The molecule has 23 heavy (non-hydrogen) atoms. The lowest BCUT2D eigenvalue weighted by Gasteiger charge is -2.05. The van der Waals surface area contributed by atoms with Crippen LogP contribution < -0.4 is 4.74 Å². The van der Waals surface area contributed by atoms with Gasteiger partial charge in [-0.25, -0.2) is 4.52 Å². The van der Waals surface area contributed by atoms with Crippen molar-refractivity contribution in [2.45, 2.75) is 27.2 Å². The molecule has 0 radical (unpaired) electrons. The van der Waals surface area contributed by atoms with Crippen LogP contribution in [0.2, 0.25) is 0 Å². The van der Waals surface area contributed by atoms with Crippen molar-refractivity contribution in [2.75, 3.05) is 7.11 Å². The standard InChI is InChI=1S/C17H18N4O2/c1-5-14-15(12-6-8-13(23-4)9-7-12)17-19-18-16(11(3)22)10(2)21(17)20-14/h6-9H,5H2,1-4H3. The molecule has 6 heteroatoms. The fourth-order valence-electron chi connectivity index (χ4n) is 2.68. The molecule has 0 aliphatic carbocycles. The van der Waals surface area contributed by atoms with Crippen molar-refractivity contribution in [3.63, 3.8) is 0 Å². The Morgan fingerprint density at radius 2 is 1.91 bits per heavy atom. The van der Waals surface area contributed by atoms with Crippen molar-refractivity contribution in [2.24, 2.45) is 0 Å². The SMILES string of the molecule is CCc1nn2c(C)c(C(C)=O)nnc2c1-c1ccc(OC)cc1. The van der Waals surface area contributed by atoms with Crippen molar-refractivity contribution in [1.82, 2.24) is 19.8 Å². The van der Waals surface area contributed by atoms with E-state index >= 15 is 0 Å². The fraction of sp³-hybridized carbons (Fsp3) is 0.294. The van der Waals surface area contributed by atoms with Crippen LogP contribution in [0.3, 0.4) is 0 Å². The Hall–Kier alpha value is -2.76. The normalized spacial score (nSPS) is 11.0. The van der Waals surface area contributed by atoms with Crippen molar-refractivity contribution < 1.29 is 9.53 Å². The summed E-state index contributed by atoms with van der Waals surface area (Å²) < 4.78 is 6.92. The number of benzene rings is 1. The summed E-state index contributed by atoms with van der Waals surface area (Å²) in [5.41, 5.74) is 4.59. The highest BCUT2D eigenvalue weighted by Crippen LogP contribution is 2.29. The maximum Gasteiger partial charge on any atom is 0.185 e. The third-order valence-corrected chi connectivity index (χ3v) is 3.89. The van der Waals surface area contributed by atoms with E-state index in [1.807, 2.05) is 38.1 Å². The predicted molar refractivity (Wildman–Crippen MR) is 86.9 cm³/mol. The molecule has 0 saturated carbocycles. The second-order valence-electron chi connectivity index (χ2n) is 5.33. The minimum atomic E-state index is -0.114. The van der Waals surface area contributed by atoms with Gasteiger partial charge in [-0.15, -0.1) is 10.2 Å². The van der Waals surface area contributed by atoms with Gasteiger partial charge >= 0.3 is 0 Å². The highest BCUT2D eigenvalue weighted by Gasteiger charge is 2.19. The van der Waals surface area contributed by atoms with E-state index in [9.17, 15) is 4.79 Å². The molecule has 0 atom stereocenters. The number of ketones is 1. The van der Waals surface area contributed by atoms with Crippen LogP contribution in [0, 0.1) is 6.92 Å². The fourth-order valence-corrected chi connectivity index (χ4v) is 2.68. The summed E-state index contributed by atoms with van der Waals surface area (Å²) >= 11 is 0. The zero-order valence-electron chi connectivity index (χ0n) is 13.6. The van der Waals surface area contributed by atoms with Crippen LogP contribution in [0.1, 0.15) is 35.7 Å². The lowest BCUT2D eigenvalue weighted by Crippen LogP contribution is -2.09. The maximum absolute atomic E-state index is 11.7. The van der Waals surface area contributed by atoms with E-state index in [0.717, 1.165) is 29.0 Å². The average Bonchev–Trinajstić information content (AvgIpc) is 2.94. The summed E-state index contributed by atoms with van der Waals surface area (Å²) in [6, 6.07) is 7.76. The molecular formula is C17H18N4O2. The van der Waals surface area contributed by atoms with Gasteiger partial charge < -0.3 is 4.74 Å². The van der Waals surface area contributed by atoms with E-state index in [0.29, 0.717) is 17.0 Å². The number of methoxy groups -OCH3 is 1. The Bertz CT molecular complexity index is 882. The second-order valence-corrected chi connectivity index (χ2v) is 5.33. The molecule has 0 amide bonds. The molecule has 118 valence electrons. The minimum absolute atomic E-state index is 0.114. The third-order valence-electron chi connectivity index (χ3n) is 3.89. The first kappa shape index (κ1) is 15.1. The van der Waals surface area contributed by atoms with Crippen LogP contribution in [-0.4, -0.2) is 32.7 Å². The second kappa shape index (κ2) is 5.79. The number of carbonyl (C=O) groups is 1. The first-order valence-corrected chi connectivity index (χ1v) is 7.47. The molecule has 2 aromatic heterocycles. The van der Waals surface area contributed by atoms with Crippen molar-refractivity contribution in [1.29, 1.82) is 0 Å². The van der Waals surface area contributed by atoms with Crippen LogP contribution in [-0.2, 0) is 6.42 Å². The number of Topliss-reactive ketones (excluding diaryl/α,β-unsaturated/α-hetero) is 1. The Morgan fingerprint density at radius 1 is 1.22 bits per heavy atom. The van der Waals surface area contributed by atoms with Gasteiger partial charge in [0.2, 0.25) is 0 Å². The van der Waals surface area contributed by atoms with E-state index in [1.54, 1.807) is 11.6 Å². The van der Waals surface area contributed by atoms with Gasteiger partial charge in [-0.1, -0.05) is 19.1 Å². The van der Waals surface area contributed by atoms with Gasteiger partial charge in [0.25, 0.3) is 0 Å². The van der Waals surface area contributed by atoms with Gasteiger partial charge in [0, 0.05) is 6.92 Å². The molecule has 2 heterocycles. The molecule has 0 fully saturated rings. The van der Waals surface area contributed by atoms with Gasteiger partial charge in [-0.3, -0.25) is 4.79 Å². The zero-order valence-corrected chi connectivity index (χ0v) is 13.6. The van der Waals surface area contributed by atoms with Gasteiger partial charge in [0.05, 0.1) is 24.1 Å². The van der Waals surface area contributed by atoms with Crippen LogP contribution in [0.15, 0.2) is 24.3 Å². The number of fused-ring (bicyclic) bond motifs is 1. The summed E-state index contributed by atoms with van der Waals surface area (Å²) in [7, 11) is 1.64. The highest BCUT2D eigenvalue weighted by molar-refractivity contribution is 5.93. The third kappa shape index (κ3) is 2.46. The number of hydrogen-bond acceptors (Lipinski definition) is 5. The van der Waals surface area contributed by atoms with Gasteiger partial charge in [-0.05, 0) is 31.0 Å². The molecule has 0 saturated heterocycles. The average molecular weight is 310 g/mol. The number of hydrogen-bond donors (Lipinski definition) is 0. The number of rotatable bonds is 4. The summed E-state index contributed by atoms with van der Waals surface area (Å²) in [5, 5.41) is 13.0. The molecule has 0 spiro atoms. The quantitative estimate of drug-likeness (QED) is 0.693. The molecule has 0 N–H and O–H groups in total. The van der Waals surface area contributed by atoms with Gasteiger partial charge in [0.1, 0.15) is 11.4 Å². The summed E-state index contributed by atoms with van der Waals surface area (Å²) in [4.78, 5) is 11.7. The van der Waals surface area contributed by atoms with E-state index < -0.39 is 0 Å². The molecule has 6 nitrogen and oxygen atoms in total. The first-order chi connectivity index (χ1) is 11.1. The van der Waals surface area contributed by atoms with E-state index in [4.69, 9.17) is 4.74 Å². The Balaban J connectivity index is 2.26. The molecule has 1 aromatic carbocycles. The topological polar surface area (TPSA) is 69.4 Å². The molecule has 0 aliphatic heterocycles. The lowest BCUT2D eigenvalue weighted by atomic mass is 10.0. The van der Waals surface area contributed by atoms with Gasteiger partial charge in [0.15, 0.2) is 11.4 Å². The van der Waals surface area contributed by atoms with Crippen LogP contribution in [0.5, 0.6) is 5.75 Å². The molecule has 3 rings (SSSR count). The summed E-state index contributed by atoms with van der Waals surface area (Å²) in [5.74, 6) is 0.681. The highest BCUT2D eigenvalue weighted by atomic mass is 16.5. The number of aromatic nitrogens is 4. The van der Waals surface area contributed by atoms with Crippen molar-refractivity contribution in [3.8, 4) is 16.9 Å². The van der Waals surface area contributed by atoms with Crippen molar-refractivity contribution >= 4 is 11.4 Å². The van der Waals surface area contributed by atoms with Crippen molar-refractivity contribution in [3.05, 3.63) is 41.3 Å². The Labute approximate surface area is 134 Å². The van der Waals surface area contributed by atoms with E-state index in [2.05, 4.69) is 15.3 Å². The number of nitrogens with zero attached hydrogens (tertiary/aromatic N) is 4. The van der Waals surface area contributed by atoms with E-state index in [-0.39, 0.29) is 5.78 Å². The minimum Gasteiger partial charge on any atom is -0.497 e.